The van der Waals surface area contributed by atoms with Crippen molar-refractivity contribution in [1.82, 2.24) is 0 Å². The van der Waals surface area contributed by atoms with Gasteiger partial charge in [-0.15, -0.1) is 17.0 Å². The largest absolute Gasteiger partial charge is 0.496 e. The summed E-state index contributed by atoms with van der Waals surface area (Å²) in [6.45, 7) is 6.67. The molecule has 0 radical (unpaired) electrons. The predicted molar refractivity (Wildman–Crippen MR) is 168 cm³/mol. The summed E-state index contributed by atoms with van der Waals surface area (Å²) in [6, 6.07) is 26.6. The molecule has 0 saturated carbocycles. The first-order chi connectivity index (χ1) is 17.7. The standard InChI is InChI=1S/C33H37N3O.BrH/c1-21-16-22(2)31(23(3)17-21)32-27-18-25(34(4)5)14-15-28(27)36(24-12-10-9-11-13-24)29-19-26(35(6)7)20-30(37-8)33(29)32;/h9-20,32H,1-8H3;1H. The Kier molecular flexibility index (Phi) is 7.80. The molecule has 0 bridgehead atoms. The summed E-state index contributed by atoms with van der Waals surface area (Å²) >= 11 is 0. The minimum Gasteiger partial charge on any atom is -0.496 e. The maximum atomic E-state index is 6.17. The van der Waals surface area contributed by atoms with Crippen LogP contribution in [0.1, 0.15) is 39.3 Å². The molecule has 38 heavy (non-hydrogen) atoms. The highest BCUT2D eigenvalue weighted by molar-refractivity contribution is 8.93. The zero-order chi connectivity index (χ0) is 26.4. The summed E-state index contributed by atoms with van der Waals surface area (Å²) in [5.74, 6) is 0.948. The molecule has 1 atom stereocenters. The van der Waals surface area contributed by atoms with Gasteiger partial charge in [-0.2, -0.15) is 0 Å². The third kappa shape index (κ3) is 4.64. The van der Waals surface area contributed by atoms with Gasteiger partial charge in [0.2, 0.25) is 0 Å². The molecule has 0 saturated heterocycles. The summed E-state index contributed by atoms with van der Waals surface area (Å²) < 4.78 is 6.17. The van der Waals surface area contributed by atoms with E-state index in [-0.39, 0.29) is 22.9 Å². The van der Waals surface area contributed by atoms with Crippen LogP contribution in [-0.4, -0.2) is 35.3 Å². The molecule has 5 rings (SSSR count). The van der Waals surface area contributed by atoms with Gasteiger partial charge in [-0.1, -0.05) is 35.9 Å². The third-order valence-electron chi connectivity index (χ3n) is 7.49. The number of aryl methyl sites for hydroxylation is 3. The number of halogens is 1. The number of para-hydroxylation sites is 1. The molecule has 1 heterocycles. The van der Waals surface area contributed by atoms with Gasteiger partial charge in [0.15, 0.2) is 0 Å². The maximum Gasteiger partial charge on any atom is 0.127 e. The highest BCUT2D eigenvalue weighted by Gasteiger charge is 2.37. The summed E-state index contributed by atoms with van der Waals surface area (Å²) in [5, 5.41) is 0. The van der Waals surface area contributed by atoms with Crippen LogP contribution in [0.15, 0.2) is 72.8 Å². The first-order valence-electron chi connectivity index (χ1n) is 12.8. The molecule has 0 aliphatic carbocycles. The second-order valence-electron chi connectivity index (χ2n) is 10.5. The number of fused-ring (bicyclic) bond motifs is 2. The molecule has 0 N–H and O–H groups in total. The van der Waals surface area contributed by atoms with E-state index in [4.69, 9.17) is 4.74 Å². The Labute approximate surface area is 238 Å². The molecular formula is C33H38BrN3O. The first kappa shape index (κ1) is 27.6. The SMILES string of the molecule is Br.COc1cc(N(C)C)cc2c1C(c1c(C)cc(C)cc1C)c1cc(N(C)C)ccc1N2c1ccccc1. The van der Waals surface area contributed by atoms with E-state index in [1.165, 1.54) is 44.8 Å². The monoisotopic (exact) mass is 571 g/mol. The maximum absolute atomic E-state index is 6.17. The van der Waals surface area contributed by atoms with Crippen molar-refractivity contribution in [1.29, 1.82) is 0 Å². The zero-order valence-corrected chi connectivity index (χ0v) is 25.4. The van der Waals surface area contributed by atoms with E-state index in [2.05, 4.69) is 136 Å². The molecule has 1 aliphatic heterocycles. The fraction of sp³-hybridized carbons (Fsp3) is 0.273. The Hall–Kier alpha value is -3.44. The van der Waals surface area contributed by atoms with E-state index < -0.39 is 0 Å². The van der Waals surface area contributed by atoms with Crippen molar-refractivity contribution in [2.24, 2.45) is 0 Å². The Balaban J connectivity index is 0.00000336. The van der Waals surface area contributed by atoms with Gasteiger partial charge in [0, 0.05) is 62.8 Å². The molecule has 0 fully saturated rings. The van der Waals surface area contributed by atoms with Crippen LogP contribution >= 0.6 is 17.0 Å². The molecular weight excluding hydrogens is 534 g/mol. The highest BCUT2D eigenvalue weighted by atomic mass is 79.9. The molecule has 0 spiro atoms. The lowest BCUT2D eigenvalue weighted by molar-refractivity contribution is 0.409. The van der Waals surface area contributed by atoms with Gasteiger partial charge >= 0.3 is 0 Å². The molecule has 0 aromatic heterocycles. The first-order valence-corrected chi connectivity index (χ1v) is 12.8. The number of benzene rings is 4. The molecule has 1 aliphatic rings. The number of rotatable bonds is 5. The van der Waals surface area contributed by atoms with E-state index in [0.29, 0.717) is 0 Å². The highest BCUT2D eigenvalue weighted by Crippen LogP contribution is 2.56. The van der Waals surface area contributed by atoms with E-state index >= 15 is 0 Å². The van der Waals surface area contributed by atoms with Gasteiger partial charge in [0.1, 0.15) is 5.75 Å². The van der Waals surface area contributed by atoms with Crippen LogP contribution in [0.25, 0.3) is 0 Å². The van der Waals surface area contributed by atoms with Gasteiger partial charge in [0.25, 0.3) is 0 Å². The average molecular weight is 573 g/mol. The van der Waals surface area contributed by atoms with Crippen LogP contribution in [0.5, 0.6) is 5.75 Å². The number of ether oxygens (including phenoxy) is 1. The van der Waals surface area contributed by atoms with Crippen molar-refractivity contribution in [2.45, 2.75) is 26.7 Å². The molecule has 5 heteroatoms. The molecule has 4 aromatic carbocycles. The minimum absolute atomic E-state index is 0. The van der Waals surface area contributed by atoms with Crippen molar-refractivity contribution < 1.29 is 4.74 Å². The van der Waals surface area contributed by atoms with Gasteiger partial charge < -0.3 is 19.4 Å². The van der Waals surface area contributed by atoms with Gasteiger partial charge in [-0.25, -0.2) is 0 Å². The van der Waals surface area contributed by atoms with Crippen molar-refractivity contribution >= 4 is 45.4 Å². The number of nitrogens with zero attached hydrogens (tertiary/aromatic N) is 3. The van der Waals surface area contributed by atoms with Crippen molar-refractivity contribution in [3.8, 4) is 5.75 Å². The quantitative estimate of drug-likeness (QED) is 0.211. The van der Waals surface area contributed by atoms with Crippen LogP contribution < -0.4 is 19.4 Å². The van der Waals surface area contributed by atoms with E-state index in [1.54, 1.807) is 7.11 Å². The van der Waals surface area contributed by atoms with Gasteiger partial charge in [0.05, 0.1) is 18.5 Å². The Morgan fingerprint density at radius 2 is 1.32 bits per heavy atom. The second kappa shape index (κ2) is 10.7. The lowest BCUT2D eigenvalue weighted by atomic mass is 9.76. The third-order valence-corrected chi connectivity index (χ3v) is 7.49. The summed E-state index contributed by atoms with van der Waals surface area (Å²) in [5.41, 5.74) is 13.5. The predicted octanol–water partition coefficient (Wildman–Crippen LogP) is 8.29. The number of methoxy groups -OCH3 is 1. The lowest BCUT2D eigenvalue weighted by Gasteiger charge is -2.40. The topological polar surface area (TPSA) is 19.0 Å². The van der Waals surface area contributed by atoms with Crippen LogP contribution in [-0.2, 0) is 0 Å². The van der Waals surface area contributed by atoms with Gasteiger partial charge in [-0.05, 0) is 79.4 Å². The van der Waals surface area contributed by atoms with Crippen molar-refractivity contribution in [2.75, 3.05) is 50.0 Å². The van der Waals surface area contributed by atoms with E-state index in [9.17, 15) is 0 Å². The van der Waals surface area contributed by atoms with Crippen LogP contribution in [0, 0.1) is 20.8 Å². The smallest absolute Gasteiger partial charge is 0.127 e. The van der Waals surface area contributed by atoms with E-state index in [1.807, 2.05) is 0 Å². The molecule has 1 unspecified atom stereocenters. The summed E-state index contributed by atoms with van der Waals surface area (Å²) in [7, 11) is 10.2. The number of hydrogen-bond donors (Lipinski definition) is 0. The van der Waals surface area contributed by atoms with Crippen LogP contribution in [0.3, 0.4) is 0 Å². The second-order valence-corrected chi connectivity index (χ2v) is 10.5. The minimum atomic E-state index is 0. The number of hydrogen-bond acceptors (Lipinski definition) is 4. The molecule has 4 aromatic rings. The molecule has 0 amide bonds. The Morgan fingerprint density at radius 1 is 0.684 bits per heavy atom. The lowest BCUT2D eigenvalue weighted by Crippen LogP contribution is -2.25. The van der Waals surface area contributed by atoms with Crippen LogP contribution in [0.2, 0.25) is 0 Å². The van der Waals surface area contributed by atoms with Crippen molar-refractivity contribution in [3.05, 3.63) is 106 Å². The molecule has 4 nitrogen and oxygen atoms in total. The zero-order valence-electron chi connectivity index (χ0n) is 23.7. The Morgan fingerprint density at radius 3 is 1.89 bits per heavy atom. The van der Waals surface area contributed by atoms with Crippen molar-refractivity contribution in [3.63, 3.8) is 0 Å². The fourth-order valence-corrected chi connectivity index (χ4v) is 5.84. The van der Waals surface area contributed by atoms with Crippen LogP contribution in [0.4, 0.5) is 28.4 Å². The van der Waals surface area contributed by atoms with E-state index in [0.717, 1.165) is 22.8 Å². The molecule has 198 valence electrons. The Bertz CT molecular complexity index is 1440. The summed E-state index contributed by atoms with van der Waals surface area (Å²) in [4.78, 5) is 6.73. The fourth-order valence-electron chi connectivity index (χ4n) is 5.84. The average Bonchev–Trinajstić information content (AvgIpc) is 2.87. The van der Waals surface area contributed by atoms with Gasteiger partial charge in [-0.3, -0.25) is 0 Å². The normalized spacial score (nSPS) is 13.8. The summed E-state index contributed by atoms with van der Waals surface area (Å²) in [6.07, 6.45) is 0. The number of anilines is 5.